The van der Waals surface area contributed by atoms with Gasteiger partial charge in [-0.05, 0) is 37.5 Å². The van der Waals surface area contributed by atoms with Crippen LogP contribution in [0.3, 0.4) is 0 Å². The summed E-state index contributed by atoms with van der Waals surface area (Å²) in [7, 11) is 2.56. The van der Waals surface area contributed by atoms with Crippen molar-refractivity contribution >= 4 is 24.0 Å². The molecule has 47 heavy (non-hydrogen) atoms. The maximum Gasteiger partial charge on any atom is 0.407 e. The number of amides is 4. The minimum Gasteiger partial charge on any atom is -0.453 e. The first kappa shape index (κ1) is 35.7. The molecule has 15 heteroatoms. The van der Waals surface area contributed by atoms with Gasteiger partial charge in [-0.2, -0.15) is 0 Å². The molecule has 2 saturated heterocycles. The molecule has 15 nitrogen and oxygen atoms in total. The van der Waals surface area contributed by atoms with Crippen LogP contribution in [0.15, 0.2) is 12.4 Å². The molecule has 2 aliphatic heterocycles. The molecule has 0 radical (unpaired) electrons. The number of likely N-dealkylation sites (tertiary alicyclic amines) is 2. The summed E-state index contributed by atoms with van der Waals surface area (Å²) in [6.45, 7) is 9.75. The Morgan fingerprint density at radius 3 is 1.53 bits per heavy atom. The molecule has 4 N–H and O–H groups in total. The lowest BCUT2D eigenvalue weighted by Gasteiger charge is -2.30. The number of imidazole rings is 2. The van der Waals surface area contributed by atoms with Crippen molar-refractivity contribution in [2.75, 3.05) is 40.5 Å². The lowest BCUT2D eigenvalue weighted by Crippen LogP contribution is -2.51. The Bertz CT molecular complexity index is 1260. The van der Waals surface area contributed by atoms with Crippen LogP contribution in [-0.4, -0.2) is 106 Å². The van der Waals surface area contributed by atoms with Crippen LogP contribution < -0.4 is 10.6 Å². The second kappa shape index (κ2) is 16.6. The van der Waals surface area contributed by atoms with Crippen molar-refractivity contribution in [3.05, 3.63) is 35.4 Å². The Labute approximate surface area is 275 Å². The average Bonchev–Trinajstić information content (AvgIpc) is 3.87. The number of rotatable bonds is 14. The summed E-state index contributed by atoms with van der Waals surface area (Å²) >= 11 is 0. The molecule has 4 rings (SSSR count). The van der Waals surface area contributed by atoms with E-state index in [9.17, 15) is 19.2 Å². The number of aromatic amines is 2. The zero-order chi connectivity index (χ0) is 34.1. The fourth-order valence-corrected chi connectivity index (χ4v) is 6.20. The van der Waals surface area contributed by atoms with Crippen LogP contribution in [-0.2, 0) is 36.6 Å². The second-order valence-electron chi connectivity index (χ2n) is 12.8. The van der Waals surface area contributed by atoms with Gasteiger partial charge < -0.3 is 44.6 Å². The fourth-order valence-electron chi connectivity index (χ4n) is 6.20. The van der Waals surface area contributed by atoms with Crippen molar-refractivity contribution in [1.29, 1.82) is 0 Å². The van der Waals surface area contributed by atoms with Crippen molar-refractivity contribution in [2.45, 2.75) is 90.4 Å². The number of nitrogens with zero attached hydrogens (tertiary/aromatic N) is 4. The van der Waals surface area contributed by atoms with Gasteiger partial charge in [0.15, 0.2) is 0 Å². The zero-order valence-corrected chi connectivity index (χ0v) is 28.3. The maximum atomic E-state index is 13.4. The van der Waals surface area contributed by atoms with Crippen molar-refractivity contribution in [1.82, 2.24) is 40.4 Å². The third-order valence-corrected chi connectivity index (χ3v) is 8.81. The lowest BCUT2D eigenvalue weighted by atomic mass is 10.0. The molecule has 4 atom stereocenters. The van der Waals surface area contributed by atoms with E-state index < -0.39 is 24.3 Å². The van der Waals surface area contributed by atoms with E-state index in [1.54, 1.807) is 22.2 Å². The van der Waals surface area contributed by atoms with Crippen LogP contribution in [0.1, 0.15) is 88.5 Å². The molecular weight excluding hydrogens is 608 g/mol. The van der Waals surface area contributed by atoms with Gasteiger partial charge in [0, 0.05) is 49.7 Å². The average molecular weight is 659 g/mol. The molecule has 2 aromatic rings. The number of nitrogens with one attached hydrogen (secondary N) is 4. The van der Waals surface area contributed by atoms with Crippen LogP contribution >= 0.6 is 0 Å². The van der Waals surface area contributed by atoms with E-state index in [4.69, 9.17) is 14.2 Å². The van der Waals surface area contributed by atoms with Gasteiger partial charge in [0.1, 0.15) is 23.7 Å². The number of carbonyl (C=O) groups excluding carboxylic acids is 4. The molecule has 0 spiro atoms. The molecule has 0 aliphatic carbocycles. The van der Waals surface area contributed by atoms with Crippen LogP contribution in [0.25, 0.3) is 0 Å². The van der Waals surface area contributed by atoms with Crippen molar-refractivity contribution in [3.8, 4) is 0 Å². The van der Waals surface area contributed by atoms with E-state index in [0.717, 1.165) is 48.7 Å². The molecule has 2 aliphatic rings. The highest BCUT2D eigenvalue weighted by Crippen LogP contribution is 2.32. The number of alkyl carbamates (subject to hydrolysis) is 2. The molecular formula is C32H50N8O7. The predicted octanol–water partition coefficient (Wildman–Crippen LogP) is 3.02. The fraction of sp³-hybridized carbons (Fsp3) is 0.688. The molecule has 260 valence electrons. The van der Waals surface area contributed by atoms with Crippen molar-refractivity contribution in [2.24, 2.45) is 11.8 Å². The van der Waals surface area contributed by atoms with Crippen molar-refractivity contribution < 1.29 is 33.4 Å². The number of ether oxygens (including phenoxy) is 3. The Hall–Kier alpha value is -4.14. The van der Waals surface area contributed by atoms with Gasteiger partial charge in [0.25, 0.3) is 0 Å². The van der Waals surface area contributed by atoms with Crippen LogP contribution in [0.2, 0.25) is 0 Å². The summed E-state index contributed by atoms with van der Waals surface area (Å²) in [4.78, 5) is 69.8. The van der Waals surface area contributed by atoms with E-state index in [2.05, 4.69) is 30.6 Å². The number of H-pyrrole nitrogens is 2. The molecule has 4 amide bonds. The monoisotopic (exact) mass is 658 g/mol. The minimum absolute atomic E-state index is 0.0959. The Kier molecular flexibility index (Phi) is 12.6. The summed E-state index contributed by atoms with van der Waals surface area (Å²) in [5.74, 6) is 0.994. The zero-order valence-electron chi connectivity index (χ0n) is 28.3. The third kappa shape index (κ3) is 9.02. The van der Waals surface area contributed by atoms with E-state index in [0.29, 0.717) is 39.1 Å². The molecule has 0 bridgehead atoms. The summed E-state index contributed by atoms with van der Waals surface area (Å²) < 4.78 is 15.3. The number of carbonyl (C=O) groups is 4. The SMILES string of the molecule is COC(=O)N[C@@H](C(=O)N1CCC[C@@H]1c1ncc(CCOCCc2cnc([C@H]3CCCN3C(=O)[C@H](NC(=O)OC)C(C)C)[nH]2)[nH]1)C(C)C. The minimum atomic E-state index is -0.677. The smallest absolute Gasteiger partial charge is 0.407 e. The maximum absolute atomic E-state index is 13.4. The van der Waals surface area contributed by atoms with Crippen LogP contribution in [0, 0.1) is 11.8 Å². The van der Waals surface area contributed by atoms with Gasteiger partial charge in [-0.3, -0.25) is 9.59 Å². The Balaban J connectivity index is 1.24. The third-order valence-electron chi connectivity index (χ3n) is 8.81. The van der Waals surface area contributed by atoms with Gasteiger partial charge in [-0.25, -0.2) is 19.6 Å². The number of hydrogen-bond acceptors (Lipinski definition) is 9. The highest BCUT2D eigenvalue weighted by molar-refractivity contribution is 5.87. The van der Waals surface area contributed by atoms with Crippen LogP contribution in [0.5, 0.6) is 0 Å². The van der Waals surface area contributed by atoms with Gasteiger partial charge in [0.05, 0.1) is 39.5 Å². The summed E-state index contributed by atoms with van der Waals surface area (Å²) in [5, 5.41) is 5.34. The van der Waals surface area contributed by atoms with E-state index in [1.807, 2.05) is 27.7 Å². The summed E-state index contributed by atoms with van der Waals surface area (Å²) in [5.41, 5.74) is 1.84. The first-order valence-electron chi connectivity index (χ1n) is 16.5. The number of aromatic nitrogens is 4. The molecule has 0 saturated carbocycles. The Morgan fingerprint density at radius 2 is 1.17 bits per heavy atom. The second-order valence-corrected chi connectivity index (χ2v) is 12.8. The quantitative estimate of drug-likeness (QED) is 0.222. The molecule has 2 aromatic heterocycles. The van der Waals surface area contributed by atoms with E-state index in [-0.39, 0.29) is 35.7 Å². The van der Waals surface area contributed by atoms with Gasteiger partial charge in [-0.1, -0.05) is 27.7 Å². The lowest BCUT2D eigenvalue weighted by molar-refractivity contribution is -0.136. The first-order chi connectivity index (χ1) is 22.5. The molecule has 2 fully saturated rings. The number of methoxy groups -OCH3 is 2. The summed E-state index contributed by atoms with van der Waals surface area (Å²) in [6.07, 6.45) is 6.88. The number of hydrogen-bond donors (Lipinski definition) is 4. The predicted molar refractivity (Wildman–Crippen MR) is 171 cm³/mol. The molecule has 0 unspecified atom stereocenters. The largest absolute Gasteiger partial charge is 0.453 e. The molecule has 0 aromatic carbocycles. The van der Waals surface area contributed by atoms with Gasteiger partial charge in [-0.15, -0.1) is 0 Å². The van der Waals surface area contributed by atoms with Crippen LogP contribution in [0.4, 0.5) is 9.59 Å². The molecule has 4 heterocycles. The summed E-state index contributed by atoms with van der Waals surface area (Å²) in [6, 6.07) is -1.72. The van der Waals surface area contributed by atoms with E-state index in [1.165, 1.54) is 14.2 Å². The van der Waals surface area contributed by atoms with Gasteiger partial charge >= 0.3 is 12.2 Å². The van der Waals surface area contributed by atoms with Gasteiger partial charge in [0.2, 0.25) is 11.8 Å². The Morgan fingerprint density at radius 1 is 0.766 bits per heavy atom. The highest BCUT2D eigenvalue weighted by atomic mass is 16.5. The normalized spacial score (nSPS) is 19.2. The topological polar surface area (TPSA) is 184 Å². The highest BCUT2D eigenvalue weighted by Gasteiger charge is 2.38. The van der Waals surface area contributed by atoms with E-state index >= 15 is 0 Å². The van der Waals surface area contributed by atoms with Crippen molar-refractivity contribution in [3.63, 3.8) is 0 Å². The first-order valence-corrected chi connectivity index (χ1v) is 16.5. The standard InChI is InChI=1S/C32H50N8O7/c1-19(2)25(37-31(43)45-5)29(41)39-13-7-9-23(39)27-33-17-21(35-27)11-15-47-16-12-22-18-34-28(36-22)24-10-8-14-40(24)30(42)26(20(3)4)38-32(44)46-6/h17-20,23-26H,7-16H2,1-6H3,(H,33,35)(H,34,36)(H,37,43)(H,38,44)/t23-,24-,25-,26-/m1/s1.